The van der Waals surface area contributed by atoms with Gasteiger partial charge in [-0.05, 0) is 29.8 Å². The first kappa shape index (κ1) is 17.4. The molecule has 0 radical (unpaired) electrons. The fourth-order valence-corrected chi connectivity index (χ4v) is 2.17. The maximum atomic E-state index is 13.7. The highest BCUT2D eigenvalue weighted by atomic mass is 19.2. The number of amides is 2. The lowest BCUT2D eigenvalue weighted by Crippen LogP contribution is -2.46. The van der Waals surface area contributed by atoms with Crippen LogP contribution in [0.4, 0.5) is 8.78 Å². The molecule has 2 aromatic rings. The van der Waals surface area contributed by atoms with Gasteiger partial charge < -0.3 is 15.8 Å². The predicted molar refractivity (Wildman–Crippen MR) is 83.5 cm³/mol. The summed E-state index contributed by atoms with van der Waals surface area (Å²) in [6.45, 7) is 0. The third-order valence-electron chi connectivity index (χ3n) is 3.42. The summed E-state index contributed by atoms with van der Waals surface area (Å²) in [6, 6.07) is 9.01. The highest BCUT2D eigenvalue weighted by molar-refractivity contribution is 5.97. The van der Waals surface area contributed by atoms with Crippen LogP contribution in [0.5, 0.6) is 5.75 Å². The lowest BCUT2D eigenvalue weighted by molar-refractivity contribution is -0.119. The second kappa shape index (κ2) is 7.54. The van der Waals surface area contributed by atoms with Gasteiger partial charge in [-0.2, -0.15) is 0 Å². The number of carbonyl (C=O) groups is 2. The highest BCUT2D eigenvalue weighted by Crippen LogP contribution is 2.15. The summed E-state index contributed by atoms with van der Waals surface area (Å²) in [5.41, 5.74) is 5.50. The van der Waals surface area contributed by atoms with E-state index in [0.717, 1.165) is 12.1 Å². The zero-order chi connectivity index (χ0) is 17.7. The molecule has 0 bridgehead atoms. The van der Waals surface area contributed by atoms with Crippen LogP contribution in [-0.4, -0.2) is 25.0 Å². The van der Waals surface area contributed by atoms with E-state index in [1.807, 2.05) is 0 Å². The SMILES string of the molecule is COc1cccc(C[C@H](NC(=O)c2cccc(F)c2F)C(N)=O)c1. The smallest absolute Gasteiger partial charge is 0.255 e. The fraction of sp³-hybridized carbons (Fsp3) is 0.176. The fourth-order valence-electron chi connectivity index (χ4n) is 2.17. The van der Waals surface area contributed by atoms with Crippen molar-refractivity contribution >= 4 is 11.8 Å². The number of benzene rings is 2. The average Bonchev–Trinajstić information content (AvgIpc) is 2.56. The van der Waals surface area contributed by atoms with E-state index in [1.54, 1.807) is 24.3 Å². The molecule has 2 rings (SSSR count). The van der Waals surface area contributed by atoms with E-state index >= 15 is 0 Å². The van der Waals surface area contributed by atoms with Gasteiger partial charge in [-0.3, -0.25) is 9.59 Å². The number of nitrogens with two attached hydrogens (primary N) is 1. The van der Waals surface area contributed by atoms with E-state index in [4.69, 9.17) is 10.5 Å². The van der Waals surface area contributed by atoms with Crippen molar-refractivity contribution in [3.05, 3.63) is 65.2 Å². The summed E-state index contributed by atoms with van der Waals surface area (Å²) in [7, 11) is 1.50. The number of hydrogen-bond donors (Lipinski definition) is 2. The van der Waals surface area contributed by atoms with Gasteiger partial charge in [-0.15, -0.1) is 0 Å². The molecular weight excluding hydrogens is 318 g/mol. The van der Waals surface area contributed by atoms with Gasteiger partial charge in [0.15, 0.2) is 11.6 Å². The molecule has 0 fully saturated rings. The normalized spacial score (nSPS) is 11.6. The molecule has 0 aliphatic rings. The predicted octanol–water partition coefficient (Wildman–Crippen LogP) is 1.80. The lowest BCUT2D eigenvalue weighted by atomic mass is 10.0. The highest BCUT2D eigenvalue weighted by Gasteiger charge is 2.22. The van der Waals surface area contributed by atoms with Crippen molar-refractivity contribution in [2.24, 2.45) is 5.73 Å². The first-order valence-corrected chi connectivity index (χ1v) is 7.09. The van der Waals surface area contributed by atoms with Gasteiger partial charge in [0, 0.05) is 6.42 Å². The molecule has 0 aromatic heterocycles. The molecule has 2 amide bonds. The minimum atomic E-state index is -1.28. The first-order valence-electron chi connectivity index (χ1n) is 7.09. The van der Waals surface area contributed by atoms with Crippen molar-refractivity contribution in [1.29, 1.82) is 0 Å². The Balaban J connectivity index is 2.17. The zero-order valence-corrected chi connectivity index (χ0v) is 12.9. The van der Waals surface area contributed by atoms with E-state index in [0.29, 0.717) is 11.3 Å². The van der Waals surface area contributed by atoms with E-state index in [1.165, 1.54) is 13.2 Å². The Morgan fingerprint density at radius 3 is 2.58 bits per heavy atom. The number of hydrogen-bond acceptors (Lipinski definition) is 3. The molecule has 5 nitrogen and oxygen atoms in total. The minimum absolute atomic E-state index is 0.0925. The van der Waals surface area contributed by atoms with Crippen LogP contribution >= 0.6 is 0 Å². The van der Waals surface area contributed by atoms with Crippen molar-refractivity contribution in [2.75, 3.05) is 7.11 Å². The molecule has 0 saturated carbocycles. The third-order valence-corrected chi connectivity index (χ3v) is 3.42. The molecule has 0 spiro atoms. The summed E-state index contributed by atoms with van der Waals surface area (Å²) in [4.78, 5) is 23.7. The Kier molecular flexibility index (Phi) is 5.47. The summed E-state index contributed by atoms with van der Waals surface area (Å²) in [5, 5.41) is 2.33. The van der Waals surface area contributed by atoms with Gasteiger partial charge in [0.25, 0.3) is 5.91 Å². The van der Waals surface area contributed by atoms with Crippen molar-refractivity contribution < 1.29 is 23.1 Å². The van der Waals surface area contributed by atoms with Crippen LogP contribution in [0.2, 0.25) is 0 Å². The van der Waals surface area contributed by atoms with Crippen LogP contribution in [0.25, 0.3) is 0 Å². The quantitative estimate of drug-likeness (QED) is 0.845. The second-order valence-electron chi connectivity index (χ2n) is 5.09. The molecule has 0 aliphatic carbocycles. The molecule has 3 N–H and O–H groups in total. The third kappa shape index (κ3) is 4.07. The summed E-state index contributed by atoms with van der Waals surface area (Å²) >= 11 is 0. The standard InChI is InChI=1S/C17H16F2N2O3/c1-24-11-5-2-4-10(8-11)9-14(16(20)22)21-17(23)12-6-3-7-13(18)15(12)19/h2-8,14H,9H2,1H3,(H2,20,22)(H,21,23)/t14-/m0/s1. The zero-order valence-electron chi connectivity index (χ0n) is 12.9. The van der Waals surface area contributed by atoms with Gasteiger partial charge in [0.2, 0.25) is 5.91 Å². The van der Waals surface area contributed by atoms with Gasteiger partial charge in [-0.1, -0.05) is 18.2 Å². The Morgan fingerprint density at radius 2 is 1.92 bits per heavy atom. The van der Waals surface area contributed by atoms with Gasteiger partial charge in [-0.25, -0.2) is 8.78 Å². The van der Waals surface area contributed by atoms with E-state index < -0.39 is 35.1 Å². The minimum Gasteiger partial charge on any atom is -0.497 e. The first-order chi connectivity index (χ1) is 11.4. The van der Waals surface area contributed by atoms with E-state index in [-0.39, 0.29) is 6.42 Å². The second-order valence-corrected chi connectivity index (χ2v) is 5.09. The Labute approximate surface area is 137 Å². The van der Waals surface area contributed by atoms with Crippen molar-refractivity contribution in [1.82, 2.24) is 5.32 Å². The number of halogens is 2. The van der Waals surface area contributed by atoms with Crippen LogP contribution in [0.1, 0.15) is 15.9 Å². The van der Waals surface area contributed by atoms with Crippen molar-refractivity contribution in [3.63, 3.8) is 0 Å². The molecule has 1 atom stereocenters. The molecule has 2 aromatic carbocycles. The molecule has 24 heavy (non-hydrogen) atoms. The van der Waals surface area contributed by atoms with E-state index in [9.17, 15) is 18.4 Å². The molecule has 7 heteroatoms. The summed E-state index contributed by atoms with van der Waals surface area (Å²) in [6.07, 6.45) is 0.0925. The molecule has 126 valence electrons. The number of primary amides is 1. The molecular formula is C17H16F2N2O3. The van der Waals surface area contributed by atoms with Crippen LogP contribution in [0, 0.1) is 11.6 Å². The Bertz CT molecular complexity index is 765. The summed E-state index contributed by atoms with van der Waals surface area (Å²) in [5.74, 6) is -3.55. The topological polar surface area (TPSA) is 81.4 Å². The molecule has 0 aliphatic heterocycles. The number of nitrogens with one attached hydrogen (secondary N) is 1. The molecule has 0 heterocycles. The Morgan fingerprint density at radius 1 is 1.21 bits per heavy atom. The number of carbonyl (C=O) groups excluding carboxylic acids is 2. The largest absolute Gasteiger partial charge is 0.497 e. The molecule has 0 unspecified atom stereocenters. The van der Waals surface area contributed by atoms with Gasteiger partial charge in [0.1, 0.15) is 11.8 Å². The monoisotopic (exact) mass is 334 g/mol. The van der Waals surface area contributed by atoms with Crippen LogP contribution in [-0.2, 0) is 11.2 Å². The van der Waals surface area contributed by atoms with Crippen molar-refractivity contribution in [2.45, 2.75) is 12.5 Å². The maximum Gasteiger partial charge on any atom is 0.255 e. The Hall–Kier alpha value is -2.96. The lowest BCUT2D eigenvalue weighted by Gasteiger charge is -2.16. The van der Waals surface area contributed by atoms with Crippen LogP contribution < -0.4 is 15.8 Å². The van der Waals surface area contributed by atoms with Gasteiger partial charge in [0.05, 0.1) is 12.7 Å². The average molecular weight is 334 g/mol. The number of rotatable bonds is 6. The number of ether oxygens (including phenoxy) is 1. The van der Waals surface area contributed by atoms with Crippen LogP contribution in [0.15, 0.2) is 42.5 Å². The number of methoxy groups -OCH3 is 1. The van der Waals surface area contributed by atoms with Crippen LogP contribution in [0.3, 0.4) is 0 Å². The maximum absolute atomic E-state index is 13.7. The summed E-state index contributed by atoms with van der Waals surface area (Å²) < 4.78 is 31.9. The van der Waals surface area contributed by atoms with Gasteiger partial charge >= 0.3 is 0 Å². The van der Waals surface area contributed by atoms with E-state index in [2.05, 4.69) is 5.32 Å². The molecule has 0 saturated heterocycles. The van der Waals surface area contributed by atoms with Crippen molar-refractivity contribution in [3.8, 4) is 5.75 Å².